The maximum atomic E-state index is 13.8. The number of hydrogen-bond acceptors (Lipinski definition) is 5. The zero-order chi connectivity index (χ0) is 25.5. The molecule has 2 heterocycles. The molecule has 2 atom stereocenters. The fourth-order valence-corrected chi connectivity index (χ4v) is 5.46. The van der Waals surface area contributed by atoms with E-state index in [2.05, 4.69) is 10.6 Å². The third-order valence-electron chi connectivity index (χ3n) is 7.18. The Morgan fingerprint density at radius 2 is 1.70 bits per heavy atom. The first-order chi connectivity index (χ1) is 18.0. The number of rotatable bonds is 4. The molecule has 0 saturated heterocycles. The minimum Gasteiger partial charge on any atom is -0.454 e. The molecule has 0 radical (unpaired) electrons. The smallest absolute Gasteiger partial charge is 0.254 e. The van der Waals surface area contributed by atoms with Gasteiger partial charge in [0.15, 0.2) is 17.3 Å². The molecule has 6 rings (SSSR count). The number of dihydropyridines is 1. The number of anilines is 1. The first kappa shape index (κ1) is 23.0. The largest absolute Gasteiger partial charge is 0.454 e. The molecule has 1 amide bonds. The van der Waals surface area contributed by atoms with Gasteiger partial charge in [-0.15, -0.1) is 0 Å². The van der Waals surface area contributed by atoms with Crippen molar-refractivity contribution in [1.29, 1.82) is 0 Å². The Morgan fingerprint density at radius 1 is 0.946 bits per heavy atom. The predicted molar refractivity (Wildman–Crippen MR) is 137 cm³/mol. The fourth-order valence-electron chi connectivity index (χ4n) is 5.46. The monoisotopic (exact) mass is 496 g/mol. The number of nitrogens with one attached hydrogen (secondary N) is 2. The number of amides is 1. The number of carbonyl (C=O) groups is 2. The van der Waals surface area contributed by atoms with Crippen LogP contribution in [-0.2, 0) is 9.59 Å². The number of Topliss-reactive ketones (excluding diaryl/α,β-unsaturated/α-hetero) is 1. The van der Waals surface area contributed by atoms with E-state index in [1.165, 1.54) is 24.3 Å². The lowest BCUT2D eigenvalue weighted by atomic mass is 9.71. The third-order valence-corrected chi connectivity index (χ3v) is 7.18. The highest BCUT2D eigenvalue weighted by molar-refractivity contribution is 6.10. The number of halogens is 1. The van der Waals surface area contributed by atoms with Gasteiger partial charge in [-0.1, -0.05) is 36.4 Å². The van der Waals surface area contributed by atoms with Crippen molar-refractivity contribution in [3.63, 3.8) is 0 Å². The normalized spacial score (nSPS) is 20.4. The minimum absolute atomic E-state index is 0.00449. The first-order valence-corrected chi connectivity index (χ1v) is 12.2. The summed E-state index contributed by atoms with van der Waals surface area (Å²) in [7, 11) is 0. The number of benzene rings is 3. The molecular weight excluding hydrogens is 471 g/mol. The molecule has 3 aliphatic rings. The van der Waals surface area contributed by atoms with Gasteiger partial charge in [0.25, 0.3) is 5.91 Å². The Labute approximate surface area is 213 Å². The van der Waals surface area contributed by atoms with Gasteiger partial charge in [-0.3, -0.25) is 9.59 Å². The lowest BCUT2D eigenvalue weighted by molar-refractivity contribution is -0.116. The predicted octanol–water partition coefficient (Wildman–Crippen LogP) is 5.55. The van der Waals surface area contributed by atoms with Crippen molar-refractivity contribution in [3.05, 3.63) is 112 Å². The lowest BCUT2D eigenvalue weighted by Gasteiger charge is -2.37. The standard InChI is InChI=1S/C30H25FN2O4/c1-17-27(30(35)33-22-10-8-21(31)9-11-22)28(19-7-12-25-26(15-19)37-16-36-25)29-23(32-17)13-20(14-24(29)34)18-5-3-2-4-6-18/h2-12,15,20,28,32H,13-14,16H2,1H3,(H,33,35)/t20-,28-/m1/s1. The van der Waals surface area contributed by atoms with Gasteiger partial charge >= 0.3 is 0 Å². The molecule has 186 valence electrons. The minimum atomic E-state index is -0.588. The van der Waals surface area contributed by atoms with E-state index < -0.39 is 5.92 Å². The Hall–Kier alpha value is -4.39. The summed E-state index contributed by atoms with van der Waals surface area (Å²) in [6.45, 7) is 1.98. The highest BCUT2D eigenvalue weighted by Gasteiger charge is 2.41. The number of fused-ring (bicyclic) bond motifs is 1. The van der Waals surface area contributed by atoms with Crippen LogP contribution in [0.4, 0.5) is 10.1 Å². The maximum absolute atomic E-state index is 13.8. The highest BCUT2D eigenvalue weighted by Crippen LogP contribution is 2.47. The van der Waals surface area contributed by atoms with E-state index in [-0.39, 0.29) is 30.2 Å². The number of ether oxygens (including phenoxy) is 2. The van der Waals surface area contributed by atoms with Crippen LogP contribution in [0.25, 0.3) is 0 Å². The molecule has 2 aliphatic heterocycles. The highest BCUT2D eigenvalue weighted by atomic mass is 19.1. The summed E-state index contributed by atoms with van der Waals surface area (Å²) in [4.78, 5) is 27.4. The number of hydrogen-bond donors (Lipinski definition) is 2. The van der Waals surface area contributed by atoms with Crippen LogP contribution in [0.1, 0.15) is 42.7 Å². The van der Waals surface area contributed by atoms with Gasteiger partial charge < -0.3 is 20.1 Å². The van der Waals surface area contributed by atoms with Crippen LogP contribution in [0.2, 0.25) is 0 Å². The van der Waals surface area contributed by atoms with Gasteiger partial charge in [-0.05, 0) is 66.8 Å². The van der Waals surface area contributed by atoms with Crippen molar-refractivity contribution in [3.8, 4) is 11.5 Å². The molecule has 0 aromatic heterocycles. The number of ketones is 1. The Kier molecular flexibility index (Phi) is 5.75. The van der Waals surface area contributed by atoms with Gasteiger partial charge in [0.2, 0.25) is 6.79 Å². The fraction of sp³-hybridized carbons (Fsp3) is 0.200. The molecule has 0 saturated carbocycles. The van der Waals surface area contributed by atoms with Crippen LogP contribution in [0.5, 0.6) is 11.5 Å². The summed E-state index contributed by atoms with van der Waals surface area (Å²) < 4.78 is 24.5. The van der Waals surface area contributed by atoms with E-state index in [4.69, 9.17) is 9.47 Å². The molecular formula is C30H25FN2O4. The van der Waals surface area contributed by atoms with Gasteiger partial charge in [0.05, 0.1) is 0 Å². The van der Waals surface area contributed by atoms with Crippen molar-refractivity contribution >= 4 is 17.4 Å². The van der Waals surface area contributed by atoms with E-state index in [0.29, 0.717) is 46.9 Å². The number of allylic oxidation sites excluding steroid dienone is 3. The Morgan fingerprint density at radius 3 is 2.49 bits per heavy atom. The van der Waals surface area contributed by atoms with Gasteiger partial charge in [-0.2, -0.15) is 0 Å². The van der Waals surface area contributed by atoms with E-state index in [9.17, 15) is 14.0 Å². The first-order valence-electron chi connectivity index (χ1n) is 12.2. The van der Waals surface area contributed by atoms with Crippen LogP contribution in [0.15, 0.2) is 95.3 Å². The second kappa shape index (κ2) is 9.24. The molecule has 7 heteroatoms. The SMILES string of the molecule is CC1=C(C(=O)Nc2ccc(F)cc2)[C@@H](c2ccc3c(c2)OCO3)C2=C(C[C@@H](c3ccccc3)CC2=O)N1. The van der Waals surface area contributed by atoms with Crippen LogP contribution in [0.3, 0.4) is 0 Å². The van der Waals surface area contributed by atoms with Crippen molar-refractivity contribution in [2.75, 3.05) is 12.1 Å². The summed E-state index contributed by atoms with van der Waals surface area (Å²) >= 11 is 0. The van der Waals surface area contributed by atoms with Gasteiger partial charge in [0, 0.05) is 40.6 Å². The van der Waals surface area contributed by atoms with Crippen LogP contribution < -0.4 is 20.1 Å². The third kappa shape index (κ3) is 4.27. The van der Waals surface area contributed by atoms with Crippen LogP contribution >= 0.6 is 0 Å². The van der Waals surface area contributed by atoms with Gasteiger partial charge in [-0.25, -0.2) is 4.39 Å². The summed E-state index contributed by atoms with van der Waals surface area (Å²) in [5, 5.41) is 6.26. The summed E-state index contributed by atoms with van der Waals surface area (Å²) in [5.41, 5.74) is 4.90. The Bertz CT molecular complexity index is 1460. The molecule has 6 nitrogen and oxygen atoms in total. The zero-order valence-electron chi connectivity index (χ0n) is 20.2. The van der Waals surface area contributed by atoms with Crippen molar-refractivity contribution in [2.45, 2.75) is 31.6 Å². The van der Waals surface area contributed by atoms with E-state index in [1.807, 2.05) is 55.5 Å². The van der Waals surface area contributed by atoms with E-state index >= 15 is 0 Å². The zero-order valence-corrected chi connectivity index (χ0v) is 20.2. The average Bonchev–Trinajstić information content (AvgIpc) is 3.37. The summed E-state index contributed by atoms with van der Waals surface area (Å²) in [6, 6.07) is 21.2. The van der Waals surface area contributed by atoms with E-state index in [0.717, 1.165) is 16.8 Å². The van der Waals surface area contributed by atoms with Gasteiger partial charge in [0.1, 0.15) is 5.82 Å². The Balaban J connectivity index is 1.42. The van der Waals surface area contributed by atoms with Crippen molar-refractivity contribution in [2.24, 2.45) is 0 Å². The quantitative estimate of drug-likeness (QED) is 0.495. The molecule has 3 aromatic carbocycles. The average molecular weight is 497 g/mol. The lowest BCUT2D eigenvalue weighted by Crippen LogP contribution is -2.37. The second-order valence-electron chi connectivity index (χ2n) is 9.50. The molecule has 37 heavy (non-hydrogen) atoms. The van der Waals surface area contributed by atoms with Crippen LogP contribution in [0, 0.1) is 5.82 Å². The second-order valence-corrected chi connectivity index (χ2v) is 9.50. The molecule has 0 bridgehead atoms. The molecule has 0 spiro atoms. The van der Waals surface area contributed by atoms with E-state index in [1.54, 1.807) is 0 Å². The van der Waals surface area contributed by atoms with Crippen molar-refractivity contribution < 1.29 is 23.5 Å². The van der Waals surface area contributed by atoms with Crippen molar-refractivity contribution in [1.82, 2.24) is 5.32 Å². The molecule has 3 aromatic rings. The summed E-state index contributed by atoms with van der Waals surface area (Å²) in [5.74, 6) is -0.0612. The summed E-state index contributed by atoms with van der Waals surface area (Å²) in [6.07, 6.45) is 1.02. The molecule has 1 aliphatic carbocycles. The topological polar surface area (TPSA) is 76.7 Å². The maximum Gasteiger partial charge on any atom is 0.254 e. The molecule has 0 fully saturated rings. The number of carbonyl (C=O) groups excluding carboxylic acids is 2. The molecule has 2 N–H and O–H groups in total. The van der Waals surface area contributed by atoms with Crippen LogP contribution in [-0.4, -0.2) is 18.5 Å². The molecule has 0 unspecified atom stereocenters.